The van der Waals surface area contributed by atoms with Gasteiger partial charge in [0.1, 0.15) is 5.75 Å². The van der Waals surface area contributed by atoms with Crippen molar-refractivity contribution in [2.45, 2.75) is 20.8 Å². The number of ether oxygens (including phenoxy) is 1. The molecule has 0 spiro atoms. The van der Waals surface area contributed by atoms with Crippen LogP contribution in [0.4, 0.5) is 11.4 Å². The molecule has 3 aromatic carbocycles. The third kappa shape index (κ3) is 5.69. The van der Waals surface area contributed by atoms with E-state index in [1.807, 2.05) is 63.2 Å². The lowest BCUT2D eigenvalue weighted by Crippen LogP contribution is -2.20. The SMILES string of the molecule is Cc1ccc(NC(=O)COc2ccc(C(=O)Nc3ccc(C)cc3C)cc2)cc1. The average Bonchev–Trinajstić information content (AvgIpc) is 2.70. The maximum Gasteiger partial charge on any atom is 0.262 e. The van der Waals surface area contributed by atoms with Gasteiger partial charge in [0.15, 0.2) is 6.61 Å². The van der Waals surface area contributed by atoms with Crippen molar-refractivity contribution < 1.29 is 14.3 Å². The number of benzene rings is 3. The molecule has 0 aromatic heterocycles. The standard InChI is InChI=1S/C24H24N2O3/c1-16-4-9-20(10-5-16)25-23(27)15-29-21-11-7-19(8-12-21)24(28)26-22-13-6-17(2)14-18(22)3/h4-14H,15H2,1-3H3,(H,25,27)(H,26,28). The predicted molar refractivity (Wildman–Crippen MR) is 116 cm³/mol. The van der Waals surface area contributed by atoms with E-state index in [0.29, 0.717) is 11.3 Å². The fraction of sp³-hybridized carbons (Fsp3) is 0.167. The van der Waals surface area contributed by atoms with Crippen molar-refractivity contribution in [1.29, 1.82) is 0 Å². The van der Waals surface area contributed by atoms with Gasteiger partial charge in [-0.25, -0.2) is 0 Å². The second-order valence-electron chi connectivity index (χ2n) is 7.00. The molecule has 0 aliphatic carbocycles. The van der Waals surface area contributed by atoms with Crippen LogP contribution in [0.5, 0.6) is 5.75 Å². The molecule has 0 saturated heterocycles. The Morgan fingerprint density at radius 1 is 0.793 bits per heavy atom. The summed E-state index contributed by atoms with van der Waals surface area (Å²) in [6.45, 7) is 5.85. The zero-order valence-corrected chi connectivity index (χ0v) is 16.8. The van der Waals surface area contributed by atoms with Gasteiger partial charge in [-0.15, -0.1) is 0 Å². The summed E-state index contributed by atoms with van der Waals surface area (Å²) in [5, 5.41) is 5.69. The van der Waals surface area contributed by atoms with E-state index >= 15 is 0 Å². The Bertz CT molecular complexity index is 1010. The normalized spacial score (nSPS) is 10.3. The van der Waals surface area contributed by atoms with Crippen LogP contribution in [0.2, 0.25) is 0 Å². The summed E-state index contributed by atoms with van der Waals surface area (Å²) in [6.07, 6.45) is 0. The van der Waals surface area contributed by atoms with Crippen molar-refractivity contribution in [2.75, 3.05) is 17.2 Å². The van der Waals surface area contributed by atoms with Gasteiger partial charge in [-0.2, -0.15) is 0 Å². The first-order valence-electron chi connectivity index (χ1n) is 9.39. The number of carbonyl (C=O) groups excluding carboxylic acids is 2. The molecule has 5 nitrogen and oxygen atoms in total. The van der Waals surface area contributed by atoms with Crippen molar-refractivity contribution in [3.05, 3.63) is 89.0 Å². The van der Waals surface area contributed by atoms with Gasteiger partial charge in [0.05, 0.1) is 0 Å². The first-order chi connectivity index (χ1) is 13.9. The number of rotatable bonds is 6. The lowest BCUT2D eigenvalue weighted by Gasteiger charge is -2.10. The largest absolute Gasteiger partial charge is 0.484 e. The maximum atomic E-state index is 12.4. The minimum atomic E-state index is -0.245. The molecule has 0 radical (unpaired) electrons. The van der Waals surface area contributed by atoms with E-state index < -0.39 is 0 Å². The molecule has 0 heterocycles. The minimum absolute atomic E-state index is 0.109. The van der Waals surface area contributed by atoms with Gasteiger partial charge >= 0.3 is 0 Å². The monoisotopic (exact) mass is 388 g/mol. The maximum absolute atomic E-state index is 12.4. The van der Waals surface area contributed by atoms with Crippen LogP contribution in [0.3, 0.4) is 0 Å². The summed E-state index contributed by atoms with van der Waals surface area (Å²) < 4.78 is 5.51. The van der Waals surface area contributed by atoms with E-state index in [4.69, 9.17) is 4.74 Å². The Morgan fingerprint density at radius 2 is 1.45 bits per heavy atom. The van der Waals surface area contributed by atoms with Gasteiger partial charge in [-0.1, -0.05) is 35.4 Å². The van der Waals surface area contributed by atoms with E-state index in [9.17, 15) is 9.59 Å². The summed E-state index contributed by atoms with van der Waals surface area (Å²) in [5.41, 5.74) is 5.31. The van der Waals surface area contributed by atoms with E-state index in [-0.39, 0.29) is 18.4 Å². The van der Waals surface area contributed by atoms with Crippen LogP contribution < -0.4 is 15.4 Å². The summed E-state index contributed by atoms with van der Waals surface area (Å²) in [6, 6.07) is 20.1. The number of anilines is 2. The van der Waals surface area contributed by atoms with Crippen molar-refractivity contribution in [3.8, 4) is 5.75 Å². The Morgan fingerprint density at radius 3 is 2.10 bits per heavy atom. The summed E-state index contributed by atoms with van der Waals surface area (Å²) >= 11 is 0. The molecule has 0 saturated carbocycles. The van der Waals surface area contributed by atoms with Crippen molar-refractivity contribution in [3.63, 3.8) is 0 Å². The van der Waals surface area contributed by atoms with Gasteiger partial charge in [-0.3, -0.25) is 9.59 Å². The molecular formula is C24H24N2O3. The molecule has 0 aliphatic rings. The number of aryl methyl sites for hydroxylation is 3. The fourth-order valence-corrected chi connectivity index (χ4v) is 2.83. The second-order valence-corrected chi connectivity index (χ2v) is 7.00. The number of hydrogen-bond acceptors (Lipinski definition) is 3. The number of nitrogens with one attached hydrogen (secondary N) is 2. The fourth-order valence-electron chi connectivity index (χ4n) is 2.83. The van der Waals surface area contributed by atoms with E-state index in [2.05, 4.69) is 10.6 Å². The molecule has 5 heteroatoms. The van der Waals surface area contributed by atoms with Crippen LogP contribution in [-0.4, -0.2) is 18.4 Å². The average molecular weight is 388 g/mol. The summed E-state index contributed by atoms with van der Waals surface area (Å²) in [4.78, 5) is 24.4. The summed E-state index contributed by atoms with van der Waals surface area (Å²) in [7, 11) is 0. The lowest BCUT2D eigenvalue weighted by atomic mass is 10.1. The zero-order valence-electron chi connectivity index (χ0n) is 16.8. The second kappa shape index (κ2) is 9.06. The van der Waals surface area contributed by atoms with Gasteiger partial charge in [0.25, 0.3) is 11.8 Å². The molecule has 0 bridgehead atoms. The quantitative estimate of drug-likeness (QED) is 0.632. The molecular weight excluding hydrogens is 364 g/mol. The van der Waals surface area contributed by atoms with Crippen LogP contribution in [-0.2, 0) is 4.79 Å². The zero-order chi connectivity index (χ0) is 20.8. The van der Waals surface area contributed by atoms with Crippen molar-refractivity contribution in [2.24, 2.45) is 0 Å². The number of hydrogen-bond donors (Lipinski definition) is 2. The molecule has 0 atom stereocenters. The van der Waals surface area contributed by atoms with Gasteiger partial charge in [0.2, 0.25) is 0 Å². The van der Waals surface area contributed by atoms with Crippen LogP contribution in [0.1, 0.15) is 27.0 Å². The molecule has 29 heavy (non-hydrogen) atoms. The first kappa shape index (κ1) is 20.1. The molecule has 148 valence electrons. The molecule has 0 aliphatic heterocycles. The van der Waals surface area contributed by atoms with E-state index in [0.717, 1.165) is 28.1 Å². The van der Waals surface area contributed by atoms with Crippen LogP contribution in [0, 0.1) is 20.8 Å². The smallest absolute Gasteiger partial charge is 0.262 e. The van der Waals surface area contributed by atoms with E-state index in [1.54, 1.807) is 24.3 Å². The van der Waals surface area contributed by atoms with Gasteiger partial charge in [-0.05, 0) is 68.8 Å². The Kier molecular flexibility index (Phi) is 6.29. The third-order valence-electron chi connectivity index (χ3n) is 4.45. The van der Waals surface area contributed by atoms with Gasteiger partial charge in [0, 0.05) is 16.9 Å². The minimum Gasteiger partial charge on any atom is -0.484 e. The molecule has 2 N–H and O–H groups in total. The molecule has 0 fully saturated rings. The molecule has 2 amide bonds. The Balaban J connectivity index is 1.53. The summed E-state index contributed by atoms with van der Waals surface area (Å²) in [5.74, 6) is 0.0817. The highest BCUT2D eigenvalue weighted by Gasteiger charge is 2.09. The molecule has 0 unspecified atom stereocenters. The predicted octanol–water partition coefficient (Wildman–Crippen LogP) is 4.88. The number of amides is 2. The number of carbonyl (C=O) groups is 2. The van der Waals surface area contributed by atoms with Crippen LogP contribution >= 0.6 is 0 Å². The highest BCUT2D eigenvalue weighted by molar-refractivity contribution is 6.04. The van der Waals surface area contributed by atoms with Crippen LogP contribution in [0.25, 0.3) is 0 Å². The Labute approximate surface area is 170 Å². The highest BCUT2D eigenvalue weighted by atomic mass is 16.5. The Hall–Kier alpha value is -3.60. The third-order valence-corrected chi connectivity index (χ3v) is 4.45. The first-order valence-corrected chi connectivity index (χ1v) is 9.39. The van der Waals surface area contributed by atoms with Crippen molar-refractivity contribution >= 4 is 23.2 Å². The lowest BCUT2D eigenvalue weighted by molar-refractivity contribution is -0.118. The van der Waals surface area contributed by atoms with Crippen molar-refractivity contribution in [1.82, 2.24) is 0 Å². The van der Waals surface area contributed by atoms with Gasteiger partial charge < -0.3 is 15.4 Å². The van der Waals surface area contributed by atoms with E-state index in [1.165, 1.54) is 0 Å². The van der Waals surface area contributed by atoms with Crippen LogP contribution in [0.15, 0.2) is 66.7 Å². The molecule has 3 rings (SSSR count). The topological polar surface area (TPSA) is 67.4 Å². The highest BCUT2D eigenvalue weighted by Crippen LogP contribution is 2.18. The molecule has 3 aromatic rings.